The van der Waals surface area contributed by atoms with E-state index in [1.807, 2.05) is 6.07 Å². The zero-order chi connectivity index (χ0) is 15.2. The largest absolute Gasteiger partial charge is 0.320 e. The van der Waals surface area contributed by atoms with Crippen molar-refractivity contribution in [3.8, 4) is 11.8 Å². The molecule has 1 fully saturated rings. The smallest absolute Gasteiger partial charge is 0.124 e. The van der Waals surface area contributed by atoms with E-state index in [2.05, 4.69) is 35.7 Å². The SMILES string of the molecule is CN(Cc1cc(F)cc(C#CCN)c1)CC1CCCN1C. The summed E-state index contributed by atoms with van der Waals surface area (Å²) in [6.45, 7) is 3.22. The molecule has 4 heteroatoms. The van der Waals surface area contributed by atoms with Crippen molar-refractivity contribution in [3.63, 3.8) is 0 Å². The molecule has 0 amide bonds. The lowest BCUT2D eigenvalue weighted by Crippen LogP contribution is -2.36. The first-order valence-electron chi connectivity index (χ1n) is 7.45. The summed E-state index contributed by atoms with van der Waals surface area (Å²) in [5.41, 5.74) is 7.01. The van der Waals surface area contributed by atoms with Gasteiger partial charge < -0.3 is 15.5 Å². The van der Waals surface area contributed by atoms with Gasteiger partial charge in [0.05, 0.1) is 6.54 Å². The molecule has 0 bridgehead atoms. The number of hydrogen-bond donors (Lipinski definition) is 1. The number of halogens is 1. The molecule has 0 spiro atoms. The van der Waals surface area contributed by atoms with E-state index < -0.39 is 0 Å². The van der Waals surface area contributed by atoms with Crippen molar-refractivity contribution in [2.75, 3.05) is 33.7 Å². The predicted molar refractivity (Wildman–Crippen MR) is 84.3 cm³/mol. The standard InChI is InChI=1S/C17H24FN3/c1-20(13-17-6-4-8-21(17)2)12-15-9-14(5-3-7-19)10-16(18)11-15/h9-11,17H,4,6-8,12-13,19H2,1-2H3. The molecule has 1 heterocycles. The number of likely N-dealkylation sites (N-methyl/N-ethyl adjacent to an activating group) is 2. The highest BCUT2D eigenvalue weighted by Crippen LogP contribution is 2.17. The van der Waals surface area contributed by atoms with Gasteiger partial charge >= 0.3 is 0 Å². The minimum atomic E-state index is -0.236. The molecule has 1 aliphatic heterocycles. The van der Waals surface area contributed by atoms with Gasteiger partial charge in [-0.1, -0.05) is 11.8 Å². The van der Waals surface area contributed by atoms with Crippen molar-refractivity contribution >= 4 is 0 Å². The van der Waals surface area contributed by atoms with Crippen LogP contribution in [0, 0.1) is 17.7 Å². The highest BCUT2D eigenvalue weighted by molar-refractivity contribution is 5.38. The number of nitrogens with zero attached hydrogens (tertiary/aromatic N) is 2. The van der Waals surface area contributed by atoms with E-state index in [4.69, 9.17) is 5.73 Å². The van der Waals surface area contributed by atoms with Crippen molar-refractivity contribution in [3.05, 3.63) is 35.1 Å². The highest BCUT2D eigenvalue weighted by atomic mass is 19.1. The van der Waals surface area contributed by atoms with Crippen LogP contribution >= 0.6 is 0 Å². The maximum absolute atomic E-state index is 13.6. The first-order valence-corrected chi connectivity index (χ1v) is 7.45. The van der Waals surface area contributed by atoms with Gasteiger partial charge in [-0.3, -0.25) is 0 Å². The third-order valence-electron chi connectivity index (χ3n) is 3.94. The summed E-state index contributed by atoms with van der Waals surface area (Å²) in [7, 11) is 4.26. The molecule has 1 unspecified atom stereocenters. The van der Waals surface area contributed by atoms with E-state index in [1.165, 1.54) is 25.5 Å². The van der Waals surface area contributed by atoms with Gasteiger partial charge in [-0.15, -0.1) is 0 Å². The van der Waals surface area contributed by atoms with E-state index in [0.29, 0.717) is 18.2 Å². The maximum Gasteiger partial charge on any atom is 0.124 e. The van der Waals surface area contributed by atoms with E-state index in [0.717, 1.165) is 18.7 Å². The molecular weight excluding hydrogens is 265 g/mol. The Morgan fingerprint density at radius 3 is 2.90 bits per heavy atom. The predicted octanol–water partition coefficient (Wildman–Crippen LogP) is 1.66. The van der Waals surface area contributed by atoms with Crippen LogP contribution in [0.15, 0.2) is 18.2 Å². The number of rotatable bonds is 4. The third-order valence-corrected chi connectivity index (χ3v) is 3.94. The van der Waals surface area contributed by atoms with Crippen molar-refractivity contribution in [2.45, 2.75) is 25.4 Å². The Hall–Kier alpha value is -1.41. The lowest BCUT2D eigenvalue weighted by Gasteiger charge is -2.25. The van der Waals surface area contributed by atoms with Crippen LogP contribution in [-0.2, 0) is 6.54 Å². The summed E-state index contributed by atoms with van der Waals surface area (Å²) in [4.78, 5) is 4.65. The Kier molecular flexibility index (Phi) is 5.75. The Labute approximate surface area is 126 Å². The fourth-order valence-corrected chi connectivity index (χ4v) is 2.91. The third kappa shape index (κ3) is 4.82. The molecule has 1 aromatic carbocycles. The maximum atomic E-state index is 13.6. The first-order chi connectivity index (χ1) is 10.1. The van der Waals surface area contributed by atoms with Gasteiger partial charge in [0.25, 0.3) is 0 Å². The van der Waals surface area contributed by atoms with Crippen molar-refractivity contribution in [1.29, 1.82) is 0 Å². The van der Waals surface area contributed by atoms with Gasteiger partial charge in [0, 0.05) is 24.7 Å². The second-order valence-corrected chi connectivity index (χ2v) is 5.83. The lowest BCUT2D eigenvalue weighted by atomic mass is 10.1. The monoisotopic (exact) mass is 289 g/mol. The molecule has 21 heavy (non-hydrogen) atoms. The molecule has 1 aromatic rings. The Morgan fingerprint density at radius 1 is 1.43 bits per heavy atom. The van der Waals surface area contributed by atoms with Gasteiger partial charge in [-0.2, -0.15) is 0 Å². The van der Waals surface area contributed by atoms with Gasteiger partial charge in [-0.25, -0.2) is 4.39 Å². The van der Waals surface area contributed by atoms with Gasteiger partial charge in [0.2, 0.25) is 0 Å². The number of hydrogen-bond acceptors (Lipinski definition) is 3. The summed E-state index contributed by atoms with van der Waals surface area (Å²) >= 11 is 0. The Morgan fingerprint density at radius 2 is 2.24 bits per heavy atom. The minimum absolute atomic E-state index is 0.236. The fraction of sp³-hybridized carbons (Fsp3) is 0.529. The van der Waals surface area contributed by atoms with Gasteiger partial charge in [0.1, 0.15) is 5.82 Å². The molecule has 1 saturated heterocycles. The first kappa shape index (κ1) is 16.0. The van der Waals surface area contributed by atoms with Crippen LogP contribution in [0.25, 0.3) is 0 Å². The molecule has 1 atom stereocenters. The van der Waals surface area contributed by atoms with E-state index in [-0.39, 0.29) is 5.82 Å². The van der Waals surface area contributed by atoms with Crippen LogP contribution in [0.4, 0.5) is 4.39 Å². The van der Waals surface area contributed by atoms with E-state index >= 15 is 0 Å². The molecule has 2 rings (SSSR count). The average Bonchev–Trinajstić information content (AvgIpc) is 2.81. The molecule has 1 aliphatic rings. The molecule has 2 N–H and O–H groups in total. The number of nitrogens with two attached hydrogens (primary N) is 1. The zero-order valence-electron chi connectivity index (χ0n) is 12.9. The molecule has 0 radical (unpaired) electrons. The van der Waals surface area contributed by atoms with Crippen molar-refractivity contribution in [2.24, 2.45) is 5.73 Å². The second kappa shape index (κ2) is 7.56. The summed E-state index contributed by atoms with van der Waals surface area (Å²) in [5, 5.41) is 0. The van der Waals surface area contributed by atoms with Crippen molar-refractivity contribution in [1.82, 2.24) is 9.80 Å². The van der Waals surface area contributed by atoms with Gasteiger partial charge in [0.15, 0.2) is 0 Å². The molecule has 0 aromatic heterocycles. The molecular formula is C17H24FN3. The van der Waals surface area contributed by atoms with Crippen LogP contribution in [0.1, 0.15) is 24.0 Å². The van der Waals surface area contributed by atoms with Crippen LogP contribution in [0.5, 0.6) is 0 Å². The second-order valence-electron chi connectivity index (χ2n) is 5.83. The quantitative estimate of drug-likeness (QED) is 0.856. The van der Waals surface area contributed by atoms with Crippen LogP contribution in [0.2, 0.25) is 0 Å². The van der Waals surface area contributed by atoms with Crippen LogP contribution < -0.4 is 5.73 Å². The van der Waals surface area contributed by atoms with Gasteiger partial charge in [-0.05, 0) is 57.2 Å². The molecule has 0 aliphatic carbocycles. The normalized spacial score (nSPS) is 18.8. The summed E-state index contributed by atoms with van der Waals surface area (Å²) in [6, 6.07) is 5.60. The van der Waals surface area contributed by atoms with E-state index in [9.17, 15) is 4.39 Å². The number of likely N-dealkylation sites (tertiary alicyclic amines) is 1. The molecule has 114 valence electrons. The summed E-state index contributed by atoms with van der Waals surface area (Å²) < 4.78 is 13.6. The molecule has 3 nitrogen and oxygen atoms in total. The number of benzene rings is 1. The fourth-order valence-electron chi connectivity index (χ4n) is 2.91. The highest BCUT2D eigenvalue weighted by Gasteiger charge is 2.21. The van der Waals surface area contributed by atoms with E-state index in [1.54, 1.807) is 6.07 Å². The minimum Gasteiger partial charge on any atom is -0.320 e. The van der Waals surface area contributed by atoms with Crippen molar-refractivity contribution < 1.29 is 4.39 Å². The topological polar surface area (TPSA) is 32.5 Å². The van der Waals surface area contributed by atoms with Crippen LogP contribution in [0.3, 0.4) is 0 Å². The van der Waals surface area contributed by atoms with Crippen LogP contribution in [-0.4, -0.2) is 49.6 Å². The summed E-state index contributed by atoms with van der Waals surface area (Å²) in [5.74, 6) is 5.43. The zero-order valence-corrected chi connectivity index (χ0v) is 12.9. The Bertz CT molecular complexity index is 533. The lowest BCUT2D eigenvalue weighted by molar-refractivity contribution is 0.215. The summed E-state index contributed by atoms with van der Waals surface area (Å²) in [6.07, 6.45) is 2.52. The molecule has 0 saturated carbocycles. The average molecular weight is 289 g/mol. The Balaban J connectivity index is 1.99.